The molecule has 2 N–H and O–H groups in total. The van der Waals surface area contributed by atoms with Crippen LogP contribution in [0.5, 0.6) is 0 Å². The molecule has 2 heterocycles. The standard InChI is InChI=1S/C39H49NO12/c1-37(2,3)51-31(43)17-15-27(20-41)40-34(44)24-18-28(32-29(19-24)50-39(52-32,25-11-12-25)26-13-14-26)48-35(45)23-9-6-22(7-10-23)8-16-30(42)49-33-36(46)47-21-38(33,4)5/h6-10,16,19,25-29,32-33,41H,11-15,17-18,20-21H2,1-5H3,(H,40,44). The number of hydrogen-bond donors (Lipinski definition) is 2. The van der Waals surface area contributed by atoms with Crippen LogP contribution in [0.1, 0.15) is 95.5 Å². The van der Waals surface area contributed by atoms with Gasteiger partial charge in [0, 0.05) is 41.7 Å². The van der Waals surface area contributed by atoms with E-state index in [0.29, 0.717) is 11.1 Å². The van der Waals surface area contributed by atoms with Gasteiger partial charge < -0.3 is 38.8 Å². The van der Waals surface area contributed by atoms with Crippen molar-refractivity contribution in [2.45, 2.75) is 121 Å². The third kappa shape index (κ3) is 8.75. The molecule has 0 aromatic heterocycles. The highest BCUT2D eigenvalue weighted by molar-refractivity contribution is 5.95. The van der Waals surface area contributed by atoms with Gasteiger partial charge in [-0.05, 0) is 82.7 Å². The molecular weight excluding hydrogens is 674 g/mol. The molecule has 0 bridgehead atoms. The molecule has 13 nitrogen and oxygen atoms in total. The fourth-order valence-corrected chi connectivity index (χ4v) is 6.93. The number of amides is 1. The van der Waals surface area contributed by atoms with Crippen molar-refractivity contribution in [3.63, 3.8) is 0 Å². The van der Waals surface area contributed by atoms with Crippen LogP contribution in [0.25, 0.3) is 6.08 Å². The number of esters is 4. The Bertz CT molecular complexity index is 1600. The largest absolute Gasteiger partial charge is 0.462 e. The van der Waals surface area contributed by atoms with Gasteiger partial charge in [-0.25, -0.2) is 14.4 Å². The summed E-state index contributed by atoms with van der Waals surface area (Å²) in [7, 11) is 0. The smallest absolute Gasteiger partial charge is 0.348 e. The van der Waals surface area contributed by atoms with E-state index in [4.69, 9.17) is 28.4 Å². The summed E-state index contributed by atoms with van der Waals surface area (Å²) in [6.07, 6.45) is 5.59. The Labute approximate surface area is 303 Å². The first-order chi connectivity index (χ1) is 24.6. The summed E-state index contributed by atoms with van der Waals surface area (Å²) >= 11 is 0. The number of ether oxygens (including phenoxy) is 6. The molecule has 13 heteroatoms. The third-order valence-electron chi connectivity index (χ3n) is 9.94. The maximum Gasteiger partial charge on any atom is 0.348 e. The second-order valence-electron chi connectivity index (χ2n) is 16.1. The summed E-state index contributed by atoms with van der Waals surface area (Å²) < 4.78 is 35.0. The van der Waals surface area contributed by atoms with Gasteiger partial charge in [0.05, 0.1) is 18.2 Å². The molecule has 2 aliphatic heterocycles. The summed E-state index contributed by atoms with van der Waals surface area (Å²) in [6, 6.07) is 5.72. The first-order valence-electron chi connectivity index (χ1n) is 18.1. The molecule has 1 aromatic rings. The van der Waals surface area contributed by atoms with Gasteiger partial charge in [-0.3, -0.25) is 9.59 Å². The summed E-state index contributed by atoms with van der Waals surface area (Å²) in [5.41, 5.74) is -0.0744. The predicted molar refractivity (Wildman–Crippen MR) is 184 cm³/mol. The Morgan fingerprint density at radius 2 is 1.69 bits per heavy atom. The Morgan fingerprint density at radius 1 is 1.02 bits per heavy atom. The van der Waals surface area contributed by atoms with Gasteiger partial charge in [0.15, 0.2) is 5.79 Å². The normalized spacial score (nSPS) is 26.9. The molecular formula is C39H49NO12. The van der Waals surface area contributed by atoms with Gasteiger partial charge in [-0.2, -0.15) is 0 Å². The first-order valence-corrected chi connectivity index (χ1v) is 18.1. The molecule has 6 rings (SSSR count). The minimum atomic E-state index is -0.990. The summed E-state index contributed by atoms with van der Waals surface area (Å²) in [4.78, 5) is 63.7. The molecule has 2 saturated heterocycles. The highest BCUT2D eigenvalue weighted by Crippen LogP contribution is 2.59. The Morgan fingerprint density at radius 3 is 2.27 bits per heavy atom. The highest BCUT2D eigenvalue weighted by Gasteiger charge is 2.64. The van der Waals surface area contributed by atoms with Crippen LogP contribution >= 0.6 is 0 Å². The molecule has 1 aromatic carbocycles. The minimum Gasteiger partial charge on any atom is -0.462 e. The molecule has 52 heavy (non-hydrogen) atoms. The minimum absolute atomic E-state index is 0.0168. The summed E-state index contributed by atoms with van der Waals surface area (Å²) in [5.74, 6) is -3.05. The second-order valence-corrected chi connectivity index (χ2v) is 16.1. The van der Waals surface area contributed by atoms with Gasteiger partial charge in [0.25, 0.3) is 0 Å². The fourth-order valence-electron chi connectivity index (χ4n) is 6.93. The number of rotatable bonds is 13. The number of benzene rings is 1. The van der Waals surface area contributed by atoms with E-state index in [1.165, 1.54) is 12.2 Å². The molecule has 282 valence electrons. The molecule has 0 radical (unpaired) electrons. The van der Waals surface area contributed by atoms with Gasteiger partial charge in [0.1, 0.15) is 30.5 Å². The van der Waals surface area contributed by atoms with Crippen LogP contribution in [0.2, 0.25) is 0 Å². The zero-order valence-corrected chi connectivity index (χ0v) is 30.4. The molecule has 5 aliphatic rings. The first kappa shape index (κ1) is 37.7. The van der Waals surface area contributed by atoms with E-state index in [1.807, 2.05) is 0 Å². The molecule has 1 amide bonds. The molecule has 2 saturated carbocycles. The maximum atomic E-state index is 13.6. The lowest BCUT2D eigenvalue weighted by atomic mass is 9.90. The van der Waals surface area contributed by atoms with E-state index in [0.717, 1.165) is 25.7 Å². The van der Waals surface area contributed by atoms with E-state index in [1.54, 1.807) is 65.0 Å². The number of hydrogen-bond acceptors (Lipinski definition) is 12. The van der Waals surface area contributed by atoms with Gasteiger partial charge >= 0.3 is 23.9 Å². The van der Waals surface area contributed by atoms with Crippen LogP contribution in [-0.4, -0.2) is 90.0 Å². The number of aliphatic hydroxyl groups excluding tert-OH is 1. The Balaban J connectivity index is 1.11. The zero-order chi connectivity index (χ0) is 37.4. The SMILES string of the molecule is CC(C)(C)OC(=O)CCC(CO)NC(=O)C1=CC2OC(C3CC3)(C3CC3)OC2C(OC(=O)c2ccc(C=CC(=O)OC3C(=O)OCC3(C)C)cc2)C1. The summed E-state index contributed by atoms with van der Waals surface area (Å²) in [6.45, 7) is 8.66. The number of carbonyl (C=O) groups excluding carboxylic acids is 5. The van der Waals surface area contributed by atoms with Crippen molar-refractivity contribution in [3.8, 4) is 0 Å². The number of aliphatic hydroxyl groups is 1. The number of carbonyl (C=O) groups is 5. The number of cyclic esters (lactones) is 1. The predicted octanol–water partition coefficient (Wildman–Crippen LogP) is 3.95. The van der Waals surface area contributed by atoms with E-state index < -0.39 is 77.0 Å². The quantitative estimate of drug-likeness (QED) is 0.171. The third-order valence-corrected chi connectivity index (χ3v) is 9.94. The van der Waals surface area contributed by atoms with Crippen LogP contribution < -0.4 is 5.32 Å². The number of nitrogens with one attached hydrogen (secondary N) is 1. The van der Waals surface area contributed by atoms with Crippen molar-refractivity contribution < 1.29 is 57.5 Å². The fraction of sp³-hybridized carbons (Fsp3) is 0.615. The van der Waals surface area contributed by atoms with Crippen molar-refractivity contribution in [2.24, 2.45) is 17.3 Å². The van der Waals surface area contributed by atoms with E-state index in [-0.39, 0.29) is 49.9 Å². The molecule has 5 unspecified atom stereocenters. The average molecular weight is 724 g/mol. The van der Waals surface area contributed by atoms with Gasteiger partial charge in [-0.15, -0.1) is 0 Å². The molecule has 4 fully saturated rings. The van der Waals surface area contributed by atoms with Crippen LogP contribution in [0.15, 0.2) is 42.0 Å². The zero-order valence-electron chi connectivity index (χ0n) is 30.4. The van der Waals surface area contributed by atoms with Crippen molar-refractivity contribution in [1.29, 1.82) is 0 Å². The van der Waals surface area contributed by atoms with Crippen LogP contribution in [0.3, 0.4) is 0 Å². The van der Waals surface area contributed by atoms with Crippen molar-refractivity contribution in [3.05, 3.63) is 53.1 Å². The van der Waals surface area contributed by atoms with Gasteiger partial charge in [-0.1, -0.05) is 26.0 Å². The molecule has 3 aliphatic carbocycles. The monoisotopic (exact) mass is 723 g/mol. The summed E-state index contributed by atoms with van der Waals surface area (Å²) in [5, 5.41) is 12.8. The topological polar surface area (TPSA) is 173 Å². The lowest BCUT2D eigenvalue weighted by Crippen LogP contribution is -2.45. The molecule has 0 spiro atoms. The number of fused-ring (bicyclic) bond motifs is 1. The van der Waals surface area contributed by atoms with E-state index in [2.05, 4.69) is 5.32 Å². The van der Waals surface area contributed by atoms with Crippen molar-refractivity contribution >= 4 is 35.9 Å². The van der Waals surface area contributed by atoms with Gasteiger partial charge in [0.2, 0.25) is 12.0 Å². The van der Waals surface area contributed by atoms with E-state index in [9.17, 15) is 29.1 Å². The average Bonchev–Trinajstić information content (AvgIpc) is 4.03. The van der Waals surface area contributed by atoms with Crippen molar-refractivity contribution in [2.75, 3.05) is 13.2 Å². The Kier molecular flexibility index (Phi) is 10.7. The lowest BCUT2D eigenvalue weighted by Gasteiger charge is -2.31. The second kappa shape index (κ2) is 14.7. The van der Waals surface area contributed by atoms with Crippen molar-refractivity contribution in [1.82, 2.24) is 5.32 Å². The van der Waals surface area contributed by atoms with Crippen LogP contribution in [0, 0.1) is 17.3 Å². The van der Waals surface area contributed by atoms with Crippen LogP contribution in [-0.2, 0) is 47.6 Å². The highest BCUT2D eigenvalue weighted by atomic mass is 16.8. The lowest BCUT2D eigenvalue weighted by molar-refractivity contribution is -0.209. The Hall–Kier alpha value is -4.07. The van der Waals surface area contributed by atoms with E-state index >= 15 is 0 Å². The molecule has 5 atom stereocenters. The maximum absolute atomic E-state index is 13.6. The van der Waals surface area contributed by atoms with Crippen LogP contribution in [0.4, 0.5) is 0 Å².